The third kappa shape index (κ3) is 2.00. The fraction of sp³-hybridized carbons (Fsp3) is 0.455. The summed E-state index contributed by atoms with van der Waals surface area (Å²) in [5.74, 6) is 0.385. The van der Waals surface area contributed by atoms with Crippen molar-refractivity contribution in [2.45, 2.75) is 33.1 Å². The SMILES string of the molecule is CCCc1cc(O)ccc1CC. The number of hydrogen-bond donors (Lipinski definition) is 1. The zero-order valence-electron chi connectivity index (χ0n) is 7.80. The summed E-state index contributed by atoms with van der Waals surface area (Å²) in [6.07, 6.45) is 3.25. The Hall–Kier alpha value is -0.980. The molecule has 0 atom stereocenters. The molecule has 0 unspecified atom stereocenters. The van der Waals surface area contributed by atoms with Crippen molar-refractivity contribution in [1.29, 1.82) is 0 Å². The van der Waals surface area contributed by atoms with Crippen molar-refractivity contribution in [3.63, 3.8) is 0 Å². The van der Waals surface area contributed by atoms with Crippen LogP contribution >= 0.6 is 0 Å². The van der Waals surface area contributed by atoms with Crippen molar-refractivity contribution in [1.82, 2.24) is 0 Å². The van der Waals surface area contributed by atoms with Gasteiger partial charge in [-0.2, -0.15) is 0 Å². The van der Waals surface area contributed by atoms with E-state index in [9.17, 15) is 5.11 Å². The lowest BCUT2D eigenvalue weighted by atomic mass is 10.0. The van der Waals surface area contributed by atoms with E-state index in [0.717, 1.165) is 19.3 Å². The molecule has 0 fully saturated rings. The lowest BCUT2D eigenvalue weighted by Crippen LogP contribution is -1.91. The molecular formula is C11H16O. The van der Waals surface area contributed by atoms with Gasteiger partial charge < -0.3 is 5.11 Å². The highest BCUT2D eigenvalue weighted by Crippen LogP contribution is 2.18. The Kier molecular flexibility index (Phi) is 3.15. The molecule has 12 heavy (non-hydrogen) atoms. The molecule has 0 spiro atoms. The number of aromatic hydroxyl groups is 1. The van der Waals surface area contributed by atoms with Gasteiger partial charge in [0, 0.05) is 0 Å². The van der Waals surface area contributed by atoms with Gasteiger partial charge in [-0.25, -0.2) is 0 Å². The van der Waals surface area contributed by atoms with Crippen LogP contribution in [0.4, 0.5) is 0 Å². The number of hydrogen-bond acceptors (Lipinski definition) is 1. The van der Waals surface area contributed by atoms with Crippen LogP contribution in [0.1, 0.15) is 31.4 Å². The van der Waals surface area contributed by atoms with Crippen LogP contribution in [-0.4, -0.2) is 5.11 Å². The molecule has 1 aromatic rings. The molecule has 1 heteroatoms. The van der Waals surface area contributed by atoms with Crippen LogP contribution < -0.4 is 0 Å². The number of benzene rings is 1. The highest BCUT2D eigenvalue weighted by molar-refractivity contribution is 5.34. The van der Waals surface area contributed by atoms with E-state index >= 15 is 0 Å². The molecule has 1 nitrogen and oxygen atoms in total. The van der Waals surface area contributed by atoms with Gasteiger partial charge in [-0.3, -0.25) is 0 Å². The minimum Gasteiger partial charge on any atom is -0.508 e. The number of phenolic OH excluding ortho intramolecular Hbond substituents is 1. The fourth-order valence-electron chi connectivity index (χ4n) is 1.46. The van der Waals surface area contributed by atoms with E-state index < -0.39 is 0 Å². The van der Waals surface area contributed by atoms with Crippen molar-refractivity contribution in [3.8, 4) is 5.75 Å². The Morgan fingerprint density at radius 2 is 1.92 bits per heavy atom. The first-order valence-electron chi connectivity index (χ1n) is 4.58. The van der Waals surface area contributed by atoms with Gasteiger partial charge in [-0.05, 0) is 36.1 Å². The third-order valence-electron chi connectivity index (χ3n) is 2.09. The average molecular weight is 164 g/mol. The van der Waals surface area contributed by atoms with Crippen molar-refractivity contribution >= 4 is 0 Å². The third-order valence-corrected chi connectivity index (χ3v) is 2.09. The Labute approximate surface area is 74.1 Å². The van der Waals surface area contributed by atoms with Gasteiger partial charge in [0.05, 0.1) is 0 Å². The monoisotopic (exact) mass is 164 g/mol. The van der Waals surface area contributed by atoms with Gasteiger partial charge in [0.15, 0.2) is 0 Å². The molecule has 1 rings (SSSR count). The summed E-state index contributed by atoms with van der Waals surface area (Å²) < 4.78 is 0. The van der Waals surface area contributed by atoms with E-state index in [1.807, 2.05) is 12.1 Å². The summed E-state index contributed by atoms with van der Waals surface area (Å²) >= 11 is 0. The van der Waals surface area contributed by atoms with Crippen LogP contribution in [0.2, 0.25) is 0 Å². The van der Waals surface area contributed by atoms with E-state index in [4.69, 9.17) is 0 Å². The molecular weight excluding hydrogens is 148 g/mol. The Balaban J connectivity index is 2.95. The van der Waals surface area contributed by atoms with E-state index in [2.05, 4.69) is 13.8 Å². The largest absolute Gasteiger partial charge is 0.508 e. The highest BCUT2D eigenvalue weighted by Gasteiger charge is 2.00. The topological polar surface area (TPSA) is 20.2 Å². The van der Waals surface area contributed by atoms with Gasteiger partial charge in [-0.1, -0.05) is 26.3 Å². The van der Waals surface area contributed by atoms with Gasteiger partial charge in [0.2, 0.25) is 0 Å². The van der Waals surface area contributed by atoms with Crippen molar-refractivity contribution in [2.24, 2.45) is 0 Å². The average Bonchev–Trinajstić information content (AvgIpc) is 2.05. The summed E-state index contributed by atoms with van der Waals surface area (Å²) in [6, 6.07) is 5.65. The minimum atomic E-state index is 0.385. The highest BCUT2D eigenvalue weighted by atomic mass is 16.3. The molecule has 0 aliphatic heterocycles. The number of rotatable bonds is 3. The van der Waals surface area contributed by atoms with Gasteiger partial charge >= 0.3 is 0 Å². The Morgan fingerprint density at radius 3 is 2.50 bits per heavy atom. The summed E-state index contributed by atoms with van der Waals surface area (Å²) in [7, 11) is 0. The molecule has 0 aliphatic rings. The van der Waals surface area contributed by atoms with Crippen molar-refractivity contribution in [2.75, 3.05) is 0 Å². The predicted molar refractivity (Wildman–Crippen MR) is 51.5 cm³/mol. The van der Waals surface area contributed by atoms with Gasteiger partial charge in [-0.15, -0.1) is 0 Å². The molecule has 1 aromatic carbocycles. The molecule has 66 valence electrons. The number of aryl methyl sites for hydroxylation is 2. The quantitative estimate of drug-likeness (QED) is 0.728. The molecule has 0 heterocycles. The normalized spacial score (nSPS) is 10.2. The second-order valence-electron chi connectivity index (χ2n) is 3.06. The molecule has 0 aromatic heterocycles. The van der Waals surface area contributed by atoms with Crippen LogP contribution in [0.15, 0.2) is 18.2 Å². The van der Waals surface area contributed by atoms with E-state index in [-0.39, 0.29) is 0 Å². The summed E-state index contributed by atoms with van der Waals surface area (Å²) in [4.78, 5) is 0. The molecule has 0 saturated heterocycles. The minimum absolute atomic E-state index is 0.385. The maximum Gasteiger partial charge on any atom is 0.115 e. The first-order valence-corrected chi connectivity index (χ1v) is 4.58. The molecule has 0 aliphatic carbocycles. The van der Waals surface area contributed by atoms with Gasteiger partial charge in [0.1, 0.15) is 5.75 Å². The Morgan fingerprint density at radius 1 is 1.17 bits per heavy atom. The molecule has 0 amide bonds. The lowest BCUT2D eigenvalue weighted by Gasteiger charge is -2.06. The molecule has 1 N–H and O–H groups in total. The first kappa shape index (κ1) is 9.11. The van der Waals surface area contributed by atoms with Crippen LogP contribution in [0, 0.1) is 0 Å². The zero-order chi connectivity index (χ0) is 8.97. The molecule has 0 saturated carbocycles. The predicted octanol–water partition coefficient (Wildman–Crippen LogP) is 2.91. The van der Waals surface area contributed by atoms with Crippen LogP contribution in [0.5, 0.6) is 5.75 Å². The first-order chi connectivity index (χ1) is 5.77. The molecule has 0 bridgehead atoms. The van der Waals surface area contributed by atoms with E-state index in [0.29, 0.717) is 5.75 Å². The number of phenols is 1. The maximum atomic E-state index is 9.26. The van der Waals surface area contributed by atoms with Crippen molar-refractivity contribution < 1.29 is 5.11 Å². The summed E-state index contributed by atoms with van der Waals surface area (Å²) in [5.41, 5.74) is 2.65. The van der Waals surface area contributed by atoms with E-state index in [1.54, 1.807) is 6.07 Å². The van der Waals surface area contributed by atoms with E-state index in [1.165, 1.54) is 11.1 Å². The fourth-order valence-corrected chi connectivity index (χ4v) is 1.46. The second kappa shape index (κ2) is 4.15. The smallest absolute Gasteiger partial charge is 0.115 e. The standard InChI is InChI=1S/C11H16O/c1-3-5-10-8-11(12)7-6-9(10)4-2/h6-8,12H,3-5H2,1-2H3. The van der Waals surface area contributed by atoms with Crippen LogP contribution in [0.3, 0.4) is 0 Å². The summed E-state index contributed by atoms with van der Waals surface area (Å²) in [6.45, 7) is 4.30. The van der Waals surface area contributed by atoms with Crippen LogP contribution in [-0.2, 0) is 12.8 Å². The van der Waals surface area contributed by atoms with Crippen molar-refractivity contribution in [3.05, 3.63) is 29.3 Å². The Bertz CT molecular complexity index is 253. The lowest BCUT2D eigenvalue weighted by molar-refractivity contribution is 0.474. The maximum absolute atomic E-state index is 9.26. The second-order valence-corrected chi connectivity index (χ2v) is 3.06. The summed E-state index contributed by atoms with van der Waals surface area (Å²) in [5, 5.41) is 9.26. The van der Waals surface area contributed by atoms with Gasteiger partial charge in [0.25, 0.3) is 0 Å². The van der Waals surface area contributed by atoms with Crippen LogP contribution in [0.25, 0.3) is 0 Å². The molecule has 0 radical (unpaired) electrons. The zero-order valence-corrected chi connectivity index (χ0v) is 7.80.